The normalized spacial score (nSPS) is 17.5. The third-order valence-corrected chi connectivity index (χ3v) is 4.12. The van der Waals surface area contributed by atoms with Crippen molar-refractivity contribution in [2.45, 2.75) is 11.1 Å². The molecule has 7 nitrogen and oxygen atoms in total. The summed E-state index contributed by atoms with van der Waals surface area (Å²) in [6.07, 6.45) is -0.208. The van der Waals surface area contributed by atoms with Crippen molar-refractivity contribution in [1.29, 1.82) is 0 Å². The number of rotatable bonds is 4. The van der Waals surface area contributed by atoms with Crippen molar-refractivity contribution < 1.29 is 8.42 Å². The molecule has 0 atom stereocenters. The Morgan fingerprint density at radius 2 is 1.76 bits per heavy atom. The molecule has 2 rings (SSSR count). The molecular weight excluding hydrogens is 310 g/mol. The van der Waals surface area contributed by atoms with E-state index in [0.29, 0.717) is 0 Å². The highest BCUT2D eigenvalue weighted by molar-refractivity contribution is 9.10. The molecule has 0 saturated carbocycles. The van der Waals surface area contributed by atoms with Crippen molar-refractivity contribution in [1.82, 2.24) is 26.6 Å². The first-order chi connectivity index (χ1) is 8.08. The van der Waals surface area contributed by atoms with E-state index < -0.39 is 10.0 Å². The molecule has 1 aliphatic heterocycles. The number of hydrazine groups is 3. The first-order valence-electron chi connectivity index (χ1n) is 4.84. The van der Waals surface area contributed by atoms with Gasteiger partial charge in [0.05, 0.1) is 11.1 Å². The SMILES string of the molecule is O=S(=O)(NCC1NNNN1)c1ccc(Br)cc1. The molecule has 0 radical (unpaired) electrons. The van der Waals surface area contributed by atoms with Gasteiger partial charge in [0.15, 0.2) is 0 Å². The summed E-state index contributed by atoms with van der Waals surface area (Å²) in [6.45, 7) is 0.221. The second-order valence-electron chi connectivity index (χ2n) is 3.40. The van der Waals surface area contributed by atoms with Crippen molar-refractivity contribution in [3.8, 4) is 0 Å². The van der Waals surface area contributed by atoms with Gasteiger partial charge < -0.3 is 0 Å². The maximum Gasteiger partial charge on any atom is 0.240 e. The van der Waals surface area contributed by atoms with Gasteiger partial charge in [-0.2, -0.15) is 11.1 Å². The number of hydrogen-bond donors (Lipinski definition) is 5. The summed E-state index contributed by atoms with van der Waals surface area (Å²) in [6, 6.07) is 6.45. The fourth-order valence-corrected chi connectivity index (χ4v) is 2.59. The minimum atomic E-state index is -3.47. The first-order valence-corrected chi connectivity index (χ1v) is 7.12. The molecule has 5 N–H and O–H groups in total. The quantitative estimate of drug-likeness (QED) is 0.497. The van der Waals surface area contributed by atoms with E-state index in [0.717, 1.165) is 4.47 Å². The van der Waals surface area contributed by atoms with Crippen LogP contribution in [0, 0.1) is 0 Å². The average molecular weight is 322 g/mol. The molecule has 1 aromatic carbocycles. The molecule has 0 aliphatic carbocycles. The Labute approximate surface area is 107 Å². The van der Waals surface area contributed by atoms with Crippen LogP contribution in [0.1, 0.15) is 0 Å². The van der Waals surface area contributed by atoms with E-state index in [4.69, 9.17) is 0 Å². The van der Waals surface area contributed by atoms with Crippen LogP contribution in [0.5, 0.6) is 0 Å². The van der Waals surface area contributed by atoms with Gasteiger partial charge >= 0.3 is 0 Å². The van der Waals surface area contributed by atoms with Gasteiger partial charge in [-0.1, -0.05) is 15.9 Å². The maximum atomic E-state index is 11.9. The second-order valence-corrected chi connectivity index (χ2v) is 6.08. The second kappa shape index (κ2) is 5.40. The zero-order valence-electron chi connectivity index (χ0n) is 8.70. The van der Waals surface area contributed by atoms with Crippen LogP contribution in [0.2, 0.25) is 0 Å². The molecule has 0 unspecified atom stereocenters. The molecule has 94 valence electrons. The Kier molecular flexibility index (Phi) is 4.09. The van der Waals surface area contributed by atoms with Crippen molar-refractivity contribution in [3.05, 3.63) is 28.7 Å². The van der Waals surface area contributed by atoms with Crippen LogP contribution in [0.4, 0.5) is 0 Å². The number of nitrogens with one attached hydrogen (secondary N) is 5. The Morgan fingerprint density at radius 3 is 2.35 bits per heavy atom. The van der Waals surface area contributed by atoms with Crippen molar-refractivity contribution >= 4 is 26.0 Å². The smallest absolute Gasteiger partial charge is 0.223 e. The summed E-state index contributed by atoms with van der Waals surface area (Å²) in [7, 11) is -3.47. The van der Waals surface area contributed by atoms with Gasteiger partial charge in [0.1, 0.15) is 0 Å². The van der Waals surface area contributed by atoms with Crippen molar-refractivity contribution in [2.24, 2.45) is 0 Å². The monoisotopic (exact) mass is 321 g/mol. The number of benzene rings is 1. The lowest BCUT2D eigenvalue weighted by atomic mass is 10.4. The summed E-state index contributed by atoms with van der Waals surface area (Å²) in [5.74, 6) is 0. The van der Waals surface area contributed by atoms with Gasteiger partial charge in [0.25, 0.3) is 0 Å². The summed E-state index contributed by atoms with van der Waals surface area (Å²) in [4.78, 5) is 0.236. The summed E-state index contributed by atoms with van der Waals surface area (Å²) in [5, 5.41) is 0. The molecule has 1 heterocycles. The fraction of sp³-hybridized carbons (Fsp3) is 0.250. The standard InChI is InChI=1S/C8H12BrN5O2S/c9-6-1-3-7(4-2-6)17(15,16)10-5-8-11-13-14-12-8/h1-4,8,10-14H,5H2. The van der Waals surface area contributed by atoms with Crippen LogP contribution in [-0.4, -0.2) is 21.1 Å². The van der Waals surface area contributed by atoms with Gasteiger partial charge in [0, 0.05) is 11.0 Å². The van der Waals surface area contributed by atoms with Gasteiger partial charge in [0.2, 0.25) is 10.0 Å². The Bertz CT molecular complexity index is 471. The molecule has 17 heavy (non-hydrogen) atoms. The first kappa shape index (κ1) is 12.9. The van der Waals surface area contributed by atoms with E-state index >= 15 is 0 Å². The molecule has 0 amide bonds. The van der Waals surface area contributed by atoms with Gasteiger partial charge in [-0.25, -0.2) is 24.0 Å². The van der Waals surface area contributed by atoms with Crippen LogP contribution in [-0.2, 0) is 10.0 Å². The zero-order valence-corrected chi connectivity index (χ0v) is 11.1. The molecule has 1 saturated heterocycles. The third kappa shape index (κ3) is 3.45. The lowest BCUT2D eigenvalue weighted by molar-refractivity contribution is 0.505. The highest BCUT2D eigenvalue weighted by atomic mass is 79.9. The molecule has 1 aromatic rings. The van der Waals surface area contributed by atoms with Crippen LogP contribution >= 0.6 is 15.9 Å². The maximum absolute atomic E-state index is 11.9. The van der Waals surface area contributed by atoms with Crippen molar-refractivity contribution in [3.63, 3.8) is 0 Å². The van der Waals surface area contributed by atoms with Gasteiger partial charge in [-0.3, -0.25) is 0 Å². The topological polar surface area (TPSA) is 94.3 Å². The highest BCUT2D eigenvalue weighted by Gasteiger charge is 2.18. The van der Waals surface area contributed by atoms with E-state index in [1.54, 1.807) is 24.3 Å². The Balaban J connectivity index is 2.00. The van der Waals surface area contributed by atoms with Gasteiger partial charge in [-0.05, 0) is 24.3 Å². The molecule has 0 aromatic heterocycles. The van der Waals surface area contributed by atoms with E-state index in [1.165, 1.54) is 0 Å². The van der Waals surface area contributed by atoms with Crippen LogP contribution < -0.4 is 26.6 Å². The Morgan fingerprint density at radius 1 is 1.18 bits per heavy atom. The van der Waals surface area contributed by atoms with E-state index in [1.807, 2.05) is 0 Å². The van der Waals surface area contributed by atoms with Gasteiger partial charge in [-0.15, -0.1) is 0 Å². The molecule has 1 fully saturated rings. The predicted molar refractivity (Wildman–Crippen MR) is 65.7 cm³/mol. The van der Waals surface area contributed by atoms with Crippen LogP contribution in [0.3, 0.4) is 0 Å². The lowest BCUT2D eigenvalue weighted by Crippen LogP contribution is -2.44. The van der Waals surface area contributed by atoms with E-state index in [-0.39, 0.29) is 17.6 Å². The third-order valence-electron chi connectivity index (χ3n) is 2.16. The zero-order chi connectivity index (χ0) is 12.3. The minimum absolute atomic E-state index is 0.208. The molecule has 1 aliphatic rings. The highest BCUT2D eigenvalue weighted by Crippen LogP contribution is 2.14. The van der Waals surface area contributed by atoms with Crippen LogP contribution in [0.15, 0.2) is 33.6 Å². The fourth-order valence-electron chi connectivity index (χ4n) is 1.27. The summed E-state index contributed by atoms with van der Waals surface area (Å²) in [5.41, 5.74) is 10.8. The molecule has 9 heteroatoms. The van der Waals surface area contributed by atoms with E-state index in [2.05, 4.69) is 42.6 Å². The number of sulfonamides is 1. The Hall–Kier alpha value is -0.550. The number of halogens is 1. The summed E-state index contributed by atoms with van der Waals surface area (Å²) < 4.78 is 27.1. The lowest BCUT2D eigenvalue weighted by Gasteiger charge is -2.11. The molecule has 0 spiro atoms. The largest absolute Gasteiger partial charge is 0.240 e. The van der Waals surface area contributed by atoms with Crippen LogP contribution in [0.25, 0.3) is 0 Å². The average Bonchev–Trinajstić information content (AvgIpc) is 2.80. The predicted octanol–water partition coefficient (Wildman–Crippen LogP) is -0.829. The van der Waals surface area contributed by atoms with Crippen molar-refractivity contribution in [2.75, 3.05) is 6.54 Å². The van der Waals surface area contributed by atoms with E-state index in [9.17, 15) is 8.42 Å². The number of hydrogen-bond acceptors (Lipinski definition) is 6. The minimum Gasteiger partial charge on any atom is -0.223 e. The molecule has 0 bridgehead atoms. The molecular formula is C8H12BrN5O2S. The summed E-state index contributed by atoms with van der Waals surface area (Å²) >= 11 is 3.25.